The number of hydrogen-bond donors (Lipinski definition) is 2. The topological polar surface area (TPSA) is 71.8 Å². The van der Waals surface area contributed by atoms with E-state index >= 15 is 0 Å². The van der Waals surface area contributed by atoms with E-state index in [-0.39, 0.29) is 21.7 Å². The van der Waals surface area contributed by atoms with Gasteiger partial charge in [-0.15, -0.1) is 0 Å². The van der Waals surface area contributed by atoms with Crippen LogP contribution in [0.3, 0.4) is 0 Å². The summed E-state index contributed by atoms with van der Waals surface area (Å²) in [6.45, 7) is 0. The molecule has 3 N–H and O–H groups in total. The lowest BCUT2D eigenvalue weighted by Crippen LogP contribution is -2.13. The van der Waals surface area contributed by atoms with Gasteiger partial charge in [0.25, 0.3) is 5.56 Å². The lowest BCUT2D eigenvalue weighted by molar-refractivity contribution is -0.137. The van der Waals surface area contributed by atoms with Crippen LogP contribution in [0.15, 0.2) is 33.5 Å². The normalized spacial score (nSPS) is 11.6. The molecular formula is C11H7BrF3N3O. The third kappa shape index (κ3) is 2.95. The zero-order valence-corrected chi connectivity index (χ0v) is 10.8. The van der Waals surface area contributed by atoms with Gasteiger partial charge in [0.05, 0.1) is 5.56 Å². The number of aromatic amines is 1. The van der Waals surface area contributed by atoms with Gasteiger partial charge in [0.1, 0.15) is 11.6 Å². The van der Waals surface area contributed by atoms with E-state index in [2.05, 4.69) is 25.9 Å². The number of H-pyrrole nitrogens is 1. The van der Waals surface area contributed by atoms with Crippen molar-refractivity contribution in [1.82, 2.24) is 9.97 Å². The van der Waals surface area contributed by atoms with Gasteiger partial charge in [-0.1, -0.05) is 15.9 Å². The molecule has 1 aromatic carbocycles. The van der Waals surface area contributed by atoms with Gasteiger partial charge in [-0.3, -0.25) is 4.79 Å². The van der Waals surface area contributed by atoms with Crippen molar-refractivity contribution in [2.45, 2.75) is 6.18 Å². The number of nitrogens with zero attached hydrogens (tertiary/aromatic N) is 1. The summed E-state index contributed by atoms with van der Waals surface area (Å²) in [6.07, 6.45) is -4.57. The Balaban J connectivity index is 2.72. The first-order valence-electron chi connectivity index (χ1n) is 5.01. The Hall–Kier alpha value is -1.83. The van der Waals surface area contributed by atoms with Crippen molar-refractivity contribution < 1.29 is 13.2 Å². The fraction of sp³-hybridized carbons (Fsp3) is 0.0909. The van der Waals surface area contributed by atoms with Gasteiger partial charge in [-0.25, -0.2) is 4.98 Å². The maximum absolute atomic E-state index is 12.9. The van der Waals surface area contributed by atoms with E-state index in [9.17, 15) is 18.0 Å². The zero-order chi connectivity index (χ0) is 14.2. The first-order chi connectivity index (χ1) is 8.77. The number of nitrogen functional groups attached to an aromatic ring is 1. The average Bonchev–Trinajstić information content (AvgIpc) is 2.26. The summed E-state index contributed by atoms with van der Waals surface area (Å²) in [6, 6.07) is 4.55. The van der Waals surface area contributed by atoms with Crippen LogP contribution in [0.5, 0.6) is 0 Å². The first-order valence-corrected chi connectivity index (χ1v) is 5.80. The van der Waals surface area contributed by atoms with Crippen LogP contribution in [-0.2, 0) is 6.18 Å². The van der Waals surface area contributed by atoms with Gasteiger partial charge in [0.2, 0.25) is 0 Å². The molecule has 1 aromatic heterocycles. The van der Waals surface area contributed by atoms with Gasteiger partial charge in [-0.05, 0) is 18.2 Å². The molecule has 8 heteroatoms. The highest BCUT2D eigenvalue weighted by Crippen LogP contribution is 2.37. The number of hydrogen-bond acceptors (Lipinski definition) is 3. The minimum atomic E-state index is -4.57. The van der Waals surface area contributed by atoms with Gasteiger partial charge < -0.3 is 10.7 Å². The molecule has 0 aliphatic rings. The zero-order valence-electron chi connectivity index (χ0n) is 9.25. The fourth-order valence-corrected chi connectivity index (χ4v) is 1.92. The highest BCUT2D eigenvalue weighted by atomic mass is 79.9. The third-order valence-corrected chi connectivity index (χ3v) is 2.80. The lowest BCUT2D eigenvalue weighted by atomic mass is 10.1. The molecule has 0 bridgehead atoms. The van der Waals surface area contributed by atoms with E-state index in [1.54, 1.807) is 0 Å². The number of rotatable bonds is 1. The summed E-state index contributed by atoms with van der Waals surface area (Å²) in [4.78, 5) is 17.2. The molecule has 0 aliphatic carbocycles. The second-order valence-corrected chi connectivity index (χ2v) is 4.62. The third-order valence-electron chi connectivity index (χ3n) is 2.30. The Kier molecular flexibility index (Phi) is 3.36. The van der Waals surface area contributed by atoms with Crippen LogP contribution < -0.4 is 11.3 Å². The second kappa shape index (κ2) is 4.69. The van der Waals surface area contributed by atoms with E-state index < -0.39 is 17.3 Å². The Morgan fingerprint density at radius 1 is 1.26 bits per heavy atom. The molecule has 1 heterocycles. The van der Waals surface area contributed by atoms with Gasteiger partial charge >= 0.3 is 6.18 Å². The number of halogens is 4. The van der Waals surface area contributed by atoms with Crippen molar-refractivity contribution in [3.8, 4) is 11.4 Å². The molecule has 0 aliphatic heterocycles. The molecule has 0 atom stereocenters. The number of aromatic nitrogens is 2. The molecule has 0 saturated carbocycles. The SMILES string of the molecule is Nc1cc(=O)[nH]c(-c2ccc(Br)cc2C(F)(F)F)n1. The largest absolute Gasteiger partial charge is 0.417 e. The predicted octanol–water partition coefficient (Wildman–Crippen LogP) is 2.80. The van der Waals surface area contributed by atoms with Crippen LogP contribution in [0, 0.1) is 0 Å². The van der Waals surface area contributed by atoms with Gasteiger partial charge in [0, 0.05) is 16.1 Å². The van der Waals surface area contributed by atoms with Crippen molar-refractivity contribution in [2.24, 2.45) is 0 Å². The van der Waals surface area contributed by atoms with Crippen molar-refractivity contribution in [2.75, 3.05) is 5.73 Å². The molecule has 4 nitrogen and oxygen atoms in total. The average molecular weight is 334 g/mol. The van der Waals surface area contributed by atoms with Crippen LogP contribution in [0.2, 0.25) is 0 Å². The highest BCUT2D eigenvalue weighted by Gasteiger charge is 2.34. The van der Waals surface area contributed by atoms with Crippen LogP contribution in [0.4, 0.5) is 19.0 Å². The summed E-state index contributed by atoms with van der Waals surface area (Å²) >= 11 is 2.97. The van der Waals surface area contributed by atoms with Crippen LogP contribution >= 0.6 is 15.9 Å². The number of nitrogens with one attached hydrogen (secondary N) is 1. The smallest absolute Gasteiger partial charge is 0.383 e. The summed E-state index contributed by atoms with van der Waals surface area (Å²) in [5.41, 5.74) is 3.61. The summed E-state index contributed by atoms with van der Waals surface area (Å²) in [7, 11) is 0. The molecule has 0 saturated heterocycles. The van der Waals surface area contributed by atoms with Crippen LogP contribution in [0.1, 0.15) is 5.56 Å². The quantitative estimate of drug-likeness (QED) is 0.842. The van der Waals surface area contributed by atoms with Gasteiger partial charge in [-0.2, -0.15) is 13.2 Å². The van der Waals surface area contributed by atoms with E-state index in [0.29, 0.717) is 0 Å². The molecule has 100 valence electrons. The lowest BCUT2D eigenvalue weighted by Gasteiger charge is -2.12. The molecule has 19 heavy (non-hydrogen) atoms. The summed E-state index contributed by atoms with van der Waals surface area (Å²) < 4.78 is 39.1. The molecule has 0 fully saturated rings. The standard InChI is InChI=1S/C11H7BrF3N3O/c12-5-1-2-6(7(3-5)11(13,14)15)10-17-8(16)4-9(19)18-10/h1-4H,(H3,16,17,18,19). The van der Waals surface area contributed by atoms with Crippen molar-refractivity contribution >= 4 is 21.7 Å². The Bertz CT molecular complexity index is 682. The second-order valence-electron chi connectivity index (χ2n) is 3.71. The van der Waals surface area contributed by atoms with Crippen LogP contribution in [0.25, 0.3) is 11.4 Å². The molecule has 2 rings (SSSR count). The van der Waals surface area contributed by atoms with E-state index in [0.717, 1.165) is 12.1 Å². The number of benzene rings is 1. The minimum Gasteiger partial charge on any atom is -0.383 e. The van der Waals surface area contributed by atoms with Crippen molar-refractivity contribution in [3.05, 3.63) is 44.7 Å². The molecular weight excluding hydrogens is 327 g/mol. The maximum atomic E-state index is 12.9. The minimum absolute atomic E-state index is 0.144. The molecule has 0 unspecified atom stereocenters. The maximum Gasteiger partial charge on any atom is 0.417 e. The molecule has 0 spiro atoms. The molecule has 2 aromatic rings. The Morgan fingerprint density at radius 2 is 1.95 bits per heavy atom. The Labute approximate surface area is 113 Å². The molecule has 0 radical (unpaired) electrons. The summed E-state index contributed by atoms with van der Waals surface area (Å²) in [5, 5.41) is 0. The fourth-order valence-electron chi connectivity index (χ4n) is 1.56. The Morgan fingerprint density at radius 3 is 2.53 bits per heavy atom. The first kappa shape index (κ1) is 13.6. The molecule has 0 amide bonds. The van der Waals surface area contributed by atoms with E-state index in [4.69, 9.17) is 5.73 Å². The predicted molar refractivity (Wildman–Crippen MR) is 67.4 cm³/mol. The highest BCUT2D eigenvalue weighted by molar-refractivity contribution is 9.10. The van der Waals surface area contributed by atoms with Gasteiger partial charge in [0.15, 0.2) is 0 Å². The number of alkyl halides is 3. The van der Waals surface area contributed by atoms with E-state index in [1.165, 1.54) is 12.1 Å². The summed E-state index contributed by atoms with van der Waals surface area (Å²) in [5.74, 6) is -0.361. The number of anilines is 1. The van der Waals surface area contributed by atoms with E-state index in [1.807, 2.05) is 0 Å². The monoisotopic (exact) mass is 333 g/mol. The van der Waals surface area contributed by atoms with Crippen molar-refractivity contribution in [1.29, 1.82) is 0 Å². The van der Waals surface area contributed by atoms with Crippen molar-refractivity contribution in [3.63, 3.8) is 0 Å². The number of nitrogens with two attached hydrogens (primary N) is 1. The van der Waals surface area contributed by atoms with Crippen LogP contribution in [-0.4, -0.2) is 9.97 Å².